The van der Waals surface area contributed by atoms with Gasteiger partial charge in [-0.15, -0.1) is 0 Å². The highest BCUT2D eigenvalue weighted by atomic mass is 14.5. The first-order valence-electron chi connectivity index (χ1n) is 20.5. The van der Waals surface area contributed by atoms with Gasteiger partial charge in [-0.3, -0.25) is 0 Å². The molecule has 2 heteroatoms. The van der Waals surface area contributed by atoms with Crippen LogP contribution >= 0.6 is 0 Å². The van der Waals surface area contributed by atoms with Crippen molar-refractivity contribution >= 4 is 11.4 Å². The van der Waals surface area contributed by atoms with Crippen molar-refractivity contribution < 1.29 is 0 Å². The minimum atomic E-state index is 0.452. The summed E-state index contributed by atoms with van der Waals surface area (Å²) in [5, 5.41) is 0. The van der Waals surface area contributed by atoms with E-state index in [1.165, 1.54) is 149 Å². The molecule has 2 nitrogen and oxygen atoms in total. The normalized spacial score (nSPS) is 12.6. The van der Waals surface area contributed by atoms with E-state index in [0.29, 0.717) is 11.8 Å². The molecule has 0 heterocycles. The Kier molecular flexibility index (Phi) is 18.1. The minimum absolute atomic E-state index is 0.452. The van der Waals surface area contributed by atoms with Crippen molar-refractivity contribution in [1.29, 1.82) is 0 Å². The van der Waals surface area contributed by atoms with E-state index in [1.807, 2.05) is 24.3 Å². The maximum atomic E-state index is 5.89. The zero-order valence-electron chi connectivity index (χ0n) is 31.7. The highest BCUT2D eigenvalue weighted by Gasteiger charge is 2.13. The van der Waals surface area contributed by atoms with Crippen LogP contribution in [0.5, 0.6) is 0 Å². The third-order valence-corrected chi connectivity index (χ3v) is 10.9. The van der Waals surface area contributed by atoms with E-state index in [9.17, 15) is 0 Å². The van der Waals surface area contributed by atoms with Crippen LogP contribution in [0.1, 0.15) is 175 Å². The fourth-order valence-electron chi connectivity index (χ4n) is 7.75. The molecular weight excluding hydrogens is 605 g/mol. The van der Waals surface area contributed by atoms with Crippen molar-refractivity contribution in [3.8, 4) is 0 Å². The molecule has 2 unspecified atom stereocenters. The molecule has 0 aliphatic heterocycles. The van der Waals surface area contributed by atoms with Gasteiger partial charge in [0.15, 0.2) is 0 Å². The number of benzene rings is 4. The van der Waals surface area contributed by atoms with Gasteiger partial charge in [-0.05, 0) is 96.2 Å². The predicted molar refractivity (Wildman–Crippen MR) is 220 cm³/mol. The van der Waals surface area contributed by atoms with Crippen LogP contribution in [0, 0.1) is 0 Å². The molecule has 0 radical (unpaired) electrons. The van der Waals surface area contributed by atoms with Gasteiger partial charge in [0.2, 0.25) is 0 Å². The molecule has 4 aromatic rings. The molecule has 0 spiro atoms. The predicted octanol–water partition coefficient (Wildman–Crippen LogP) is 14.0. The number of nitrogens with two attached hydrogens (primary N) is 2. The molecule has 0 aliphatic carbocycles. The van der Waals surface area contributed by atoms with E-state index in [4.69, 9.17) is 11.5 Å². The maximum Gasteiger partial charge on any atom is 0.0314 e. The fourth-order valence-corrected chi connectivity index (χ4v) is 7.75. The number of hydrogen-bond donors (Lipinski definition) is 2. The summed E-state index contributed by atoms with van der Waals surface area (Å²) in [7, 11) is 0. The van der Waals surface area contributed by atoms with E-state index in [2.05, 4.69) is 86.6 Å². The Morgan fingerprint density at radius 1 is 0.320 bits per heavy atom. The third kappa shape index (κ3) is 14.0. The molecule has 0 saturated carbocycles. The first-order valence-corrected chi connectivity index (χ1v) is 20.5. The SMILES string of the molecule is CCC(c1ccc(N)cc1)c1ccc(CCCCCCCCCCCCCCCCCCc2ccc(C(CC)c3ccc(N)cc3)cc2)cc1. The Balaban J connectivity index is 0.915. The second-order valence-corrected chi connectivity index (χ2v) is 14.9. The molecule has 270 valence electrons. The smallest absolute Gasteiger partial charge is 0.0314 e. The largest absolute Gasteiger partial charge is 0.399 e. The average Bonchev–Trinajstić information content (AvgIpc) is 3.14. The Bertz CT molecular complexity index is 1310. The maximum absolute atomic E-state index is 5.89. The number of rotatable bonds is 25. The summed E-state index contributed by atoms with van der Waals surface area (Å²) in [6.45, 7) is 4.54. The number of unbranched alkanes of at least 4 members (excludes halogenated alkanes) is 15. The number of anilines is 2. The summed E-state index contributed by atoms with van der Waals surface area (Å²) in [6.07, 6.45) is 27.0. The van der Waals surface area contributed by atoms with Crippen LogP contribution in [0.2, 0.25) is 0 Å². The summed E-state index contributed by atoms with van der Waals surface area (Å²) >= 11 is 0. The second kappa shape index (κ2) is 23.0. The van der Waals surface area contributed by atoms with Gasteiger partial charge in [0.25, 0.3) is 0 Å². The first-order chi connectivity index (χ1) is 24.6. The van der Waals surface area contributed by atoms with Gasteiger partial charge in [0, 0.05) is 23.2 Å². The summed E-state index contributed by atoms with van der Waals surface area (Å²) in [4.78, 5) is 0. The molecule has 0 fully saturated rings. The lowest BCUT2D eigenvalue weighted by Gasteiger charge is -2.17. The summed E-state index contributed by atoms with van der Waals surface area (Å²) in [5.74, 6) is 0.904. The molecule has 4 aromatic carbocycles. The number of nitrogen functional groups attached to an aromatic ring is 2. The molecule has 4 rings (SSSR count). The van der Waals surface area contributed by atoms with Crippen LogP contribution in [0.4, 0.5) is 11.4 Å². The van der Waals surface area contributed by atoms with Crippen molar-refractivity contribution in [1.82, 2.24) is 0 Å². The highest BCUT2D eigenvalue weighted by molar-refractivity contribution is 5.44. The Hall–Kier alpha value is -3.52. The monoisotopic (exact) mass is 673 g/mol. The lowest BCUT2D eigenvalue weighted by atomic mass is 9.88. The molecule has 50 heavy (non-hydrogen) atoms. The van der Waals surface area contributed by atoms with Gasteiger partial charge in [-0.25, -0.2) is 0 Å². The minimum Gasteiger partial charge on any atom is -0.399 e. The van der Waals surface area contributed by atoms with Crippen LogP contribution in [-0.2, 0) is 12.8 Å². The van der Waals surface area contributed by atoms with E-state index in [-0.39, 0.29) is 0 Å². The third-order valence-electron chi connectivity index (χ3n) is 10.9. The van der Waals surface area contributed by atoms with E-state index in [0.717, 1.165) is 24.2 Å². The molecule has 0 bridgehead atoms. The molecule has 0 amide bonds. The van der Waals surface area contributed by atoms with Gasteiger partial charge in [-0.1, -0.05) is 177 Å². The highest BCUT2D eigenvalue weighted by Crippen LogP contribution is 2.30. The molecule has 0 aromatic heterocycles. The summed E-state index contributed by atoms with van der Waals surface area (Å²) in [6, 6.07) is 35.6. The van der Waals surface area contributed by atoms with Gasteiger partial charge >= 0.3 is 0 Å². The molecule has 0 saturated heterocycles. The van der Waals surface area contributed by atoms with Crippen LogP contribution in [0.25, 0.3) is 0 Å². The fraction of sp³-hybridized carbons (Fsp3) is 0.500. The lowest BCUT2D eigenvalue weighted by molar-refractivity contribution is 0.528. The van der Waals surface area contributed by atoms with Crippen molar-refractivity contribution in [2.24, 2.45) is 0 Å². The molecular formula is C48H68N2. The van der Waals surface area contributed by atoms with Crippen LogP contribution < -0.4 is 11.5 Å². The Morgan fingerprint density at radius 2 is 0.540 bits per heavy atom. The van der Waals surface area contributed by atoms with Crippen molar-refractivity contribution in [3.63, 3.8) is 0 Å². The van der Waals surface area contributed by atoms with Gasteiger partial charge < -0.3 is 11.5 Å². The quantitative estimate of drug-likeness (QED) is 0.0544. The van der Waals surface area contributed by atoms with E-state index >= 15 is 0 Å². The van der Waals surface area contributed by atoms with Gasteiger partial charge in [-0.2, -0.15) is 0 Å². The van der Waals surface area contributed by atoms with E-state index < -0.39 is 0 Å². The standard InChI is InChI=1S/C48H68N2/c1-3-47(43-31-35-45(49)36-32-43)41-27-23-39(24-28-41)21-19-17-15-13-11-9-7-5-6-8-10-12-14-16-18-20-22-40-25-29-42(30-26-40)48(4-2)44-33-37-46(50)38-34-44/h23-38,47-48H,3-22,49-50H2,1-2H3. The van der Waals surface area contributed by atoms with E-state index in [1.54, 1.807) is 0 Å². The molecule has 2 atom stereocenters. The average molecular weight is 673 g/mol. The first kappa shape index (κ1) is 39.3. The summed E-state index contributed by atoms with van der Waals surface area (Å²) in [5.41, 5.74) is 22.0. The molecule has 4 N–H and O–H groups in total. The Labute approximate surface area is 306 Å². The number of aryl methyl sites for hydroxylation is 2. The second-order valence-electron chi connectivity index (χ2n) is 14.9. The zero-order valence-corrected chi connectivity index (χ0v) is 31.7. The zero-order chi connectivity index (χ0) is 35.2. The van der Waals surface area contributed by atoms with Gasteiger partial charge in [0.05, 0.1) is 0 Å². The number of hydrogen-bond acceptors (Lipinski definition) is 2. The van der Waals surface area contributed by atoms with Crippen molar-refractivity contribution in [3.05, 3.63) is 130 Å². The summed E-state index contributed by atoms with van der Waals surface area (Å²) < 4.78 is 0. The Morgan fingerprint density at radius 3 is 0.780 bits per heavy atom. The van der Waals surface area contributed by atoms with Crippen molar-refractivity contribution in [2.45, 2.75) is 154 Å². The van der Waals surface area contributed by atoms with Crippen LogP contribution in [-0.4, -0.2) is 0 Å². The topological polar surface area (TPSA) is 52.0 Å². The van der Waals surface area contributed by atoms with Crippen LogP contribution in [0.15, 0.2) is 97.1 Å². The molecule has 0 aliphatic rings. The lowest BCUT2D eigenvalue weighted by Crippen LogP contribution is -2.00. The van der Waals surface area contributed by atoms with Crippen molar-refractivity contribution in [2.75, 3.05) is 11.5 Å². The van der Waals surface area contributed by atoms with Gasteiger partial charge in [0.1, 0.15) is 0 Å². The van der Waals surface area contributed by atoms with Crippen LogP contribution in [0.3, 0.4) is 0 Å².